The van der Waals surface area contributed by atoms with Crippen molar-refractivity contribution < 1.29 is 14.7 Å². The number of imide groups is 1. The van der Waals surface area contributed by atoms with Crippen LogP contribution in [0.15, 0.2) is 54.6 Å². The quantitative estimate of drug-likeness (QED) is 0.783. The third-order valence-corrected chi connectivity index (χ3v) is 2.56. The Bertz CT molecular complexity index is 611. The fraction of sp³-hybridized carbons (Fsp3) is 0. The molecule has 0 aliphatic heterocycles. The van der Waals surface area contributed by atoms with E-state index in [9.17, 15) is 14.7 Å². The van der Waals surface area contributed by atoms with Gasteiger partial charge < -0.3 is 16.2 Å². The number of nitrogens with one attached hydrogen (secondary N) is 1. The van der Waals surface area contributed by atoms with Gasteiger partial charge in [0.2, 0.25) is 0 Å². The van der Waals surface area contributed by atoms with Crippen molar-refractivity contribution in [3.63, 3.8) is 0 Å². The van der Waals surface area contributed by atoms with E-state index < -0.39 is 12.1 Å². The third-order valence-electron chi connectivity index (χ3n) is 2.56. The van der Waals surface area contributed by atoms with E-state index in [2.05, 4.69) is 5.32 Å². The van der Waals surface area contributed by atoms with Gasteiger partial charge in [0.1, 0.15) is 5.75 Å². The summed E-state index contributed by atoms with van der Waals surface area (Å²) < 4.78 is 0. The fourth-order valence-electron chi connectivity index (χ4n) is 1.65. The molecule has 0 saturated carbocycles. The summed E-state index contributed by atoms with van der Waals surface area (Å²) >= 11 is 0. The van der Waals surface area contributed by atoms with Crippen LogP contribution < -0.4 is 16.0 Å². The van der Waals surface area contributed by atoms with Crippen molar-refractivity contribution in [1.29, 1.82) is 0 Å². The van der Waals surface area contributed by atoms with Crippen molar-refractivity contribution in [1.82, 2.24) is 0 Å². The highest BCUT2D eigenvalue weighted by Crippen LogP contribution is 2.19. The second-order valence-corrected chi connectivity index (χ2v) is 3.99. The standard InChI is InChI=1S/C14H13N3O3/c15-13(19)17(11-6-8-12(18)9-7-11)14(20)16-10-4-2-1-3-5-10/h1-9,18H,(H2,15,19)(H,16,20). The molecule has 4 amide bonds. The Kier molecular flexibility index (Phi) is 3.85. The number of urea groups is 2. The molecule has 4 N–H and O–H groups in total. The van der Waals surface area contributed by atoms with E-state index in [0.29, 0.717) is 5.69 Å². The monoisotopic (exact) mass is 271 g/mol. The summed E-state index contributed by atoms with van der Waals surface area (Å²) in [7, 11) is 0. The first-order valence-corrected chi connectivity index (χ1v) is 5.82. The molecule has 0 unspecified atom stereocenters. The van der Waals surface area contributed by atoms with Crippen molar-refractivity contribution in [2.24, 2.45) is 5.73 Å². The van der Waals surface area contributed by atoms with Gasteiger partial charge in [0, 0.05) is 5.69 Å². The highest BCUT2D eigenvalue weighted by Gasteiger charge is 2.21. The van der Waals surface area contributed by atoms with Crippen molar-refractivity contribution in [2.75, 3.05) is 10.2 Å². The van der Waals surface area contributed by atoms with E-state index in [4.69, 9.17) is 5.73 Å². The molecule has 6 heteroatoms. The molecule has 0 fully saturated rings. The average molecular weight is 271 g/mol. The zero-order valence-corrected chi connectivity index (χ0v) is 10.5. The first-order valence-electron chi connectivity index (χ1n) is 5.82. The molecule has 2 rings (SSSR count). The number of hydrogen-bond acceptors (Lipinski definition) is 3. The predicted octanol–water partition coefficient (Wildman–Crippen LogP) is 2.51. The van der Waals surface area contributed by atoms with Crippen LogP contribution in [0.3, 0.4) is 0 Å². The van der Waals surface area contributed by atoms with Gasteiger partial charge >= 0.3 is 12.1 Å². The van der Waals surface area contributed by atoms with Crippen molar-refractivity contribution >= 4 is 23.4 Å². The molecule has 20 heavy (non-hydrogen) atoms. The maximum atomic E-state index is 12.1. The van der Waals surface area contributed by atoms with Crippen LogP contribution in [0.25, 0.3) is 0 Å². The lowest BCUT2D eigenvalue weighted by Gasteiger charge is -2.19. The van der Waals surface area contributed by atoms with E-state index in [1.54, 1.807) is 24.3 Å². The van der Waals surface area contributed by atoms with Crippen LogP contribution in [-0.2, 0) is 0 Å². The number of carbonyl (C=O) groups excluding carboxylic acids is 2. The molecule has 0 bridgehead atoms. The molecule has 102 valence electrons. The summed E-state index contributed by atoms with van der Waals surface area (Å²) in [4.78, 5) is 24.3. The summed E-state index contributed by atoms with van der Waals surface area (Å²) in [5.41, 5.74) is 6.04. The number of carbonyl (C=O) groups is 2. The number of anilines is 2. The van der Waals surface area contributed by atoms with Gasteiger partial charge in [0.15, 0.2) is 0 Å². The predicted molar refractivity (Wildman–Crippen MR) is 75.6 cm³/mol. The van der Waals surface area contributed by atoms with Crippen molar-refractivity contribution in [3.8, 4) is 5.75 Å². The molecule has 2 aromatic rings. The molecule has 0 spiro atoms. The van der Waals surface area contributed by atoms with Crippen LogP contribution in [0.4, 0.5) is 21.0 Å². The zero-order chi connectivity index (χ0) is 14.5. The molecular formula is C14H13N3O3. The number of aromatic hydroxyl groups is 1. The van der Waals surface area contributed by atoms with Crippen LogP contribution in [0.5, 0.6) is 5.75 Å². The second kappa shape index (κ2) is 5.75. The third kappa shape index (κ3) is 3.05. The Hall–Kier alpha value is -3.02. The molecule has 0 aromatic heterocycles. The number of hydrogen-bond donors (Lipinski definition) is 3. The number of phenols is 1. The number of primary amides is 1. The number of nitrogens with two attached hydrogens (primary N) is 1. The SMILES string of the molecule is NC(=O)N(C(=O)Nc1ccccc1)c1ccc(O)cc1. The second-order valence-electron chi connectivity index (χ2n) is 3.99. The number of amides is 4. The van der Waals surface area contributed by atoms with Crippen LogP contribution >= 0.6 is 0 Å². The van der Waals surface area contributed by atoms with Gasteiger partial charge in [-0.3, -0.25) is 0 Å². The van der Waals surface area contributed by atoms with E-state index in [0.717, 1.165) is 4.90 Å². The van der Waals surface area contributed by atoms with Gasteiger partial charge in [-0.05, 0) is 36.4 Å². The number of para-hydroxylation sites is 1. The zero-order valence-electron chi connectivity index (χ0n) is 10.5. The lowest BCUT2D eigenvalue weighted by atomic mass is 10.3. The number of phenolic OH excluding ortho intramolecular Hbond substituents is 1. The summed E-state index contributed by atoms with van der Waals surface area (Å²) in [6, 6.07) is 12.7. The minimum atomic E-state index is -0.913. The van der Waals surface area contributed by atoms with E-state index in [-0.39, 0.29) is 11.4 Å². The summed E-state index contributed by atoms with van der Waals surface area (Å²) in [5.74, 6) is 0.0293. The summed E-state index contributed by atoms with van der Waals surface area (Å²) in [6.07, 6.45) is 0. The molecule has 6 nitrogen and oxygen atoms in total. The topological polar surface area (TPSA) is 95.7 Å². The fourth-order valence-corrected chi connectivity index (χ4v) is 1.65. The van der Waals surface area contributed by atoms with Crippen molar-refractivity contribution in [3.05, 3.63) is 54.6 Å². The minimum Gasteiger partial charge on any atom is -0.508 e. The molecule has 0 atom stereocenters. The molecule has 0 aliphatic rings. The van der Waals surface area contributed by atoms with Crippen LogP contribution in [-0.4, -0.2) is 17.2 Å². The summed E-state index contributed by atoms with van der Waals surface area (Å²) in [6.45, 7) is 0. The van der Waals surface area contributed by atoms with Gasteiger partial charge in [-0.15, -0.1) is 0 Å². The van der Waals surface area contributed by atoms with Gasteiger partial charge in [0.25, 0.3) is 0 Å². The first-order chi connectivity index (χ1) is 9.58. The highest BCUT2D eigenvalue weighted by atomic mass is 16.3. The molecule has 2 aromatic carbocycles. The van der Waals surface area contributed by atoms with E-state index in [1.807, 2.05) is 6.07 Å². The van der Waals surface area contributed by atoms with Gasteiger partial charge in [-0.25, -0.2) is 14.5 Å². The first kappa shape index (κ1) is 13.4. The van der Waals surface area contributed by atoms with E-state index in [1.165, 1.54) is 24.3 Å². The van der Waals surface area contributed by atoms with Gasteiger partial charge in [-0.2, -0.15) is 0 Å². The molecule has 0 heterocycles. The number of nitrogens with zero attached hydrogens (tertiary/aromatic N) is 1. The van der Waals surface area contributed by atoms with Crippen LogP contribution in [0, 0.1) is 0 Å². The normalized spacial score (nSPS) is 9.80. The van der Waals surface area contributed by atoms with Crippen LogP contribution in [0.2, 0.25) is 0 Å². The van der Waals surface area contributed by atoms with E-state index >= 15 is 0 Å². The van der Waals surface area contributed by atoms with Crippen molar-refractivity contribution in [2.45, 2.75) is 0 Å². The molecular weight excluding hydrogens is 258 g/mol. The minimum absolute atomic E-state index is 0.0293. The number of benzene rings is 2. The average Bonchev–Trinajstić information content (AvgIpc) is 2.42. The Labute approximate surface area is 115 Å². The number of rotatable bonds is 2. The molecule has 0 saturated heterocycles. The largest absolute Gasteiger partial charge is 0.508 e. The lowest BCUT2D eigenvalue weighted by molar-refractivity contribution is 0.245. The maximum absolute atomic E-state index is 12.1. The Morgan fingerprint density at radius 1 is 1.00 bits per heavy atom. The smallest absolute Gasteiger partial charge is 0.334 e. The molecule has 0 radical (unpaired) electrons. The highest BCUT2D eigenvalue weighted by molar-refractivity contribution is 6.17. The van der Waals surface area contributed by atoms with Gasteiger partial charge in [-0.1, -0.05) is 18.2 Å². The van der Waals surface area contributed by atoms with Gasteiger partial charge in [0.05, 0.1) is 5.69 Å². The Morgan fingerprint density at radius 3 is 2.15 bits per heavy atom. The Balaban J connectivity index is 2.23. The Morgan fingerprint density at radius 2 is 1.60 bits per heavy atom. The van der Waals surface area contributed by atoms with Crippen LogP contribution in [0.1, 0.15) is 0 Å². The maximum Gasteiger partial charge on any atom is 0.334 e. The lowest BCUT2D eigenvalue weighted by Crippen LogP contribution is -2.43. The molecule has 0 aliphatic carbocycles. The summed E-state index contributed by atoms with van der Waals surface area (Å²) in [5, 5.41) is 11.8.